The van der Waals surface area contributed by atoms with Gasteiger partial charge in [-0.2, -0.15) is 0 Å². The van der Waals surface area contributed by atoms with Crippen molar-refractivity contribution in [2.45, 2.75) is 40.5 Å². The van der Waals surface area contributed by atoms with E-state index in [0.717, 1.165) is 0 Å². The van der Waals surface area contributed by atoms with Crippen LogP contribution < -0.4 is 0 Å². The summed E-state index contributed by atoms with van der Waals surface area (Å²) < 4.78 is 0. The highest BCUT2D eigenvalue weighted by Crippen LogP contribution is 2.31. The molecule has 0 bridgehead atoms. The number of fused-ring (bicyclic) bond motifs is 2. The van der Waals surface area contributed by atoms with E-state index in [0.29, 0.717) is 5.92 Å². The minimum absolute atomic E-state index is 0.564. The van der Waals surface area contributed by atoms with Crippen molar-refractivity contribution in [3.63, 3.8) is 0 Å². The van der Waals surface area contributed by atoms with Crippen LogP contribution in [0, 0.1) is 6.92 Å². The average Bonchev–Trinajstić information content (AvgIpc) is 2.48. The van der Waals surface area contributed by atoms with Gasteiger partial charge in [0.2, 0.25) is 0 Å². The smallest absolute Gasteiger partial charge is 0.0140 e. The fourth-order valence-corrected chi connectivity index (χ4v) is 2.70. The number of rotatable bonds is 1. The third-order valence-corrected chi connectivity index (χ3v) is 3.76. The summed E-state index contributed by atoms with van der Waals surface area (Å²) in [7, 11) is 0. The third kappa shape index (κ3) is 2.56. The molecular weight excluding hydrogens is 240 g/mol. The van der Waals surface area contributed by atoms with E-state index in [4.69, 9.17) is 0 Å². The van der Waals surface area contributed by atoms with Crippen molar-refractivity contribution in [2.75, 3.05) is 0 Å². The molecule has 0 aromatic heterocycles. The first-order valence-corrected chi connectivity index (χ1v) is 7.59. The molecule has 0 unspecified atom stereocenters. The third-order valence-electron chi connectivity index (χ3n) is 3.76. The van der Waals surface area contributed by atoms with Crippen molar-refractivity contribution >= 4 is 21.5 Å². The molecule has 3 aromatic rings. The monoisotopic (exact) mass is 264 g/mol. The lowest BCUT2D eigenvalue weighted by Crippen LogP contribution is -1.91. The molecule has 0 fully saturated rings. The molecule has 0 heteroatoms. The van der Waals surface area contributed by atoms with Crippen LogP contribution in [0.3, 0.4) is 0 Å². The second-order valence-electron chi connectivity index (χ2n) is 5.37. The summed E-state index contributed by atoms with van der Waals surface area (Å²) in [6.07, 6.45) is 0. The fraction of sp³-hybridized carbons (Fsp3) is 0.300. The largest absolute Gasteiger partial charge is 0.0683 e. The summed E-state index contributed by atoms with van der Waals surface area (Å²) in [4.78, 5) is 0. The van der Waals surface area contributed by atoms with Gasteiger partial charge < -0.3 is 0 Å². The van der Waals surface area contributed by atoms with E-state index in [1.54, 1.807) is 0 Å². The van der Waals surface area contributed by atoms with Crippen molar-refractivity contribution in [3.05, 3.63) is 59.7 Å². The van der Waals surface area contributed by atoms with Gasteiger partial charge in [0.25, 0.3) is 0 Å². The molecule has 0 amide bonds. The average molecular weight is 264 g/mol. The van der Waals surface area contributed by atoms with E-state index in [-0.39, 0.29) is 0 Å². The minimum atomic E-state index is 0.564. The quantitative estimate of drug-likeness (QED) is 0.443. The predicted octanol–water partition coefficient (Wildman–Crippen LogP) is 6.45. The Hall–Kier alpha value is -1.82. The minimum Gasteiger partial charge on any atom is -0.0683 e. The first kappa shape index (κ1) is 14.6. The Morgan fingerprint density at radius 3 is 1.85 bits per heavy atom. The van der Waals surface area contributed by atoms with Crippen LogP contribution in [0.4, 0.5) is 0 Å². The van der Waals surface area contributed by atoms with Gasteiger partial charge in [-0.05, 0) is 57.6 Å². The van der Waals surface area contributed by atoms with Crippen LogP contribution in [-0.2, 0) is 0 Å². The van der Waals surface area contributed by atoms with Gasteiger partial charge in [-0.15, -0.1) is 0 Å². The Bertz CT molecular complexity index is 721. The molecule has 20 heavy (non-hydrogen) atoms. The lowest BCUT2D eigenvalue weighted by Gasteiger charge is -2.13. The van der Waals surface area contributed by atoms with Crippen molar-refractivity contribution in [1.82, 2.24) is 0 Å². The molecule has 3 rings (SSSR count). The van der Waals surface area contributed by atoms with Gasteiger partial charge in [0.1, 0.15) is 0 Å². The Balaban J connectivity index is 0.000000704. The zero-order valence-electron chi connectivity index (χ0n) is 13.2. The van der Waals surface area contributed by atoms with Crippen LogP contribution in [0.15, 0.2) is 48.5 Å². The van der Waals surface area contributed by atoms with Crippen LogP contribution in [0.1, 0.15) is 44.7 Å². The Morgan fingerprint density at radius 1 is 0.750 bits per heavy atom. The van der Waals surface area contributed by atoms with E-state index in [9.17, 15) is 0 Å². The summed E-state index contributed by atoms with van der Waals surface area (Å²) in [6, 6.07) is 17.8. The second kappa shape index (κ2) is 6.09. The normalized spacial score (nSPS) is 10.7. The molecule has 0 radical (unpaired) electrons. The van der Waals surface area contributed by atoms with E-state index >= 15 is 0 Å². The molecule has 0 spiro atoms. The highest BCUT2D eigenvalue weighted by Gasteiger charge is 2.08. The Morgan fingerprint density at radius 2 is 1.30 bits per heavy atom. The van der Waals surface area contributed by atoms with E-state index in [1.807, 2.05) is 13.8 Å². The number of benzene rings is 3. The first-order chi connectivity index (χ1) is 9.66. The van der Waals surface area contributed by atoms with Crippen LogP contribution in [0.5, 0.6) is 0 Å². The molecule has 104 valence electrons. The number of hydrogen-bond acceptors (Lipinski definition) is 0. The lowest BCUT2D eigenvalue weighted by atomic mass is 9.92. The van der Waals surface area contributed by atoms with Gasteiger partial charge in [0.15, 0.2) is 0 Å². The number of hydrogen-bond donors (Lipinski definition) is 0. The number of aryl methyl sites for hydroxylation is 1. The molecule has 0 aliphatic heterocycles. The first-order valence-electron chi connectivity index (χ1n) is 7.59. The molecule has 0 N–H and O–H groups in total. The molecule has 0 heterocycles. The summed E-state index contributed by atoms with van der Waals surface area (Å²) >= 11 is 0. The van der Waals surface area contributed by atoms with Crippen molar-refractivity contribution in [1.29, 1.82) is 0 Å². The topological polar surface area (TPSA) is 0 Å². The van der Waals surface area contributed by atoms with Gasteiger partial charge in [-0.3, -0.25) is 0 Å². The summed E-state index contributed by atoms with van der Waals surface area (Å²) in [5.74, 6) is 0.564. The zero-order chi connectivity index (χ0) is 14.7. The maximum Gasteiger partial charge on any atom is -0.0140 e. The molecule has 0 aliphatic rings. The van der Waals surface area contributed by atoms with Crippen LogP contribution in [-0.4, -0.2) is 0 Å². The summed E-state index contributed by atoms with van der Waals surface area (Å²) in [6.45, 7) is 10.7. The predicted molar refractivity (Wildman–Crippen MR) is 91.6 cm³/mol. The summed E-state index contributed by atoms with van der Waals surface area (Å²) in [5, 5.41) is 5.45. The molecule has 0 aliphatic carbocycles. The van der Waals surface area contributed by atoms with Gasteiger partial charge in [-0.1, -0.05) is 64.1 Å². The van der Waals surface area contributed by atoms with Crippen molar-refractivity contribution < 1.29 is 0 Å². The lowest BCUT2D eigenvalue weighted by molar-refractivity contribution is 0.876. The Labute approximate surface area is 122 Å². The summed E-state index contributed by atoms with van der Waals surface area (Å²) in [5.41, 5.74) is 2.81. The second-order valence-corrected chi connectivity index (χ2v) is 5.37. The van der Waals surface area contributed by atoms with Gasteiger partial charge in [-0.25, -0.2) is 0 Å². The maximum absolute atomic E-state index is 2.34. The standard InChI is InChI=1S/C18H18.C2H6/c1-12(2)16-9-8-13(3)17-10-14-6-4-5-7-15(14)11-18(16)17;1-2/h4-12H,1-3H3;1-2H3. The highest BCUT2D eigenvalue weighted by molar-refractivity contribution is 6.01. The maximum atomic E-state index is 2.34. The Kier molecular flexibility index (Phi) is 4.44. The molecular formula is C20H24. The zero-order valence-corrected chi connectivity index (χ0v) is 13.2. The van der Waals surface area contributed by atoms with Gasteiger partial charge in [0.05, 0.1) is 0 Å². The highest BCUT2D eigenvalue weighted by atomic mass is 14.1. The van der Waals surface area contributed by atoms with E-state index in [1.165, 1.54) is 32.7 Å². The molecule has 0 atom stereocenters. The fourth-order valence-electron chi connectivity index (χ4n) is 2.70. The SMILES string of the molecule is CC.Cc1ccc(C(C)C)c2cc3ccccc3cc12. The van der Waals surface area contributed by atoms with Gasteiger partial charge in [0, 0.05) is 0 Å². The van der Waals surface area contributed by atoms with Crippen LogP contribution >= 0.6 is 0 Å². The molecule has 0 saturated carbocycles. The van der Waals surface area contributed by atoms with Crippen LogP contribution in [0.2, 0.25) is 0 Å². The molecule has 0 nitrogen and oxygen atoms in total. The van der Waals surface area contributed by atoms with E-state index in [2.05, 4.69) is 69.3 Å². The van der Waals surface area contributed by atoms with Gasteiger partial charge >= 0.3 is 0 Å². The molecule has 3 aromatic carbocycles. The molecule has 0 saturated heterocycles. The van der Waals surface area contributed by atoms with Crippen molar-refractivity contribution in [3.8, 4) is 0 Å². The van der Waals surface area contributed by atoms with Crippen LogP contribution in [0.25, 0.3) is 21.5 Å². The van der Waals surface area contributed by atoms with Crippen molar-refractivity contribution in [2.24, 2.45) is 0 Å². The van der Waals surface area contributed by atoms with E-state index < -0.39 is 0 Å².